The number of carbonyl (C=O) groups excluding carboxylic acids is 1. The van der Waals surface area contributed by atoms with Crippen LogP contribution in [-0.2, 0) is 4.79 Å². The van der Waals surface area contributed by atoms with Gasteiger partial charge in [0.1, 0.15) is 0 Å². The first kappa shape index (κ1) is 10.7. The van der Waals surface area contributed by atoms with Crippen LogP contribution in [0.2, 0.25) is 0 Å². The minimum Gasteiger partial charge on any atom is -0.408 e. The number of hydrogen-bond acceptors (Lipinski definition) is 5. The SMILES string of the molecule is O=C(Nc1nnc(C2CC2)o1)C1CCNCC1. The maximum atomic E-state index is 11.9. The molecular formula is C11H16N4O2. The molecule has 17 heavy (non-hydrogen) atoms. The molecule has 3 rings (SSSR count). The van der Waals surface area contributed by atoms with E-state index in [4.69, 9.17) is 4.42 Å². The molecule has 0 atom stereocenters. The topological polar surface area (TPSA) is 80.1 Å². The lowest BCUT2D eigenvalue weighted by Gasteiger charge is -2.20. The first-order chi connectivity index (χ1) is 8.33. The lowest BCUT2D eigenvalue weighted by atomic mass is 9.97. The van der Waals surface area contributed by atoms with Crippen molar-refractivity contribution in [1.29, 1.82) is 0 Å². The van der Waals surface area contributed by atoms with Crippen molar-refractivity contribution in [2.45, 2.75) is 31.6 Å². The minimum atomic E-state index is -0.00232. The molecule has 0 bridgehead atoms. The van der Waals surface area contributed by atoms with Crippen molar-refractivity contribution in [1.82, 2.24) is 15.5 Å². The fourth-order valence-electron chi connectivity index (χ4n) is 2.07. The first-order valence-electron chi connectivity index (χ1n) is 6.18. The van der Waals surface area contributed by atoms with Gasteiger partial charge in [-0.05, 0) is 38.8 Å². The van der Waals surface area contributed by atoms with Gasteiger partial charge in [0.25, 0.3) is 0 Å². The van der Waals surface area contributed by atoms with Gasteiger partial charge >= 0.3 is 6.01 Å². The molecule has 0 unspecified atom stereocenters. The third-order valence-corrected chi connectivity index (χ3v) is 3.31. The molecule has 6 heteroatoms. The second-order valence-electron chi connectivity index (χ2n) is 4.73. The summed E-state index contributed by atoms with van der Waals surface area (Å²) < 4.78 is 5.40. The van der Waals surface area contributed by atoms with Crippen molar-refractivity contribution in [3.8, 4) is 0 Å². The molecule has 2 heterocycles. The number of anilines is 1. The molecule has 2 N–H and O–H groups in total. The van der Waals surface area contributed by atoms with Gasteiger partial charge in [-0.1, -0.05) is 5.10 Å². The van der Waals surface area contributed by atoms with Crippen molar-refractivity contribution in [3.05, 3.63) is 5.89 Å². The summed E-state index contributed by atoms with van der Waals surface area (Å²) in [5.74, 6) is 1.14. The standard InChI is InChI=1S/C11H16N4O2/c16-9(7-3-5-12-6-4-7)13-11-15-14-10(17-11)8-1-2-8/h7-8,12H,1-6H2,(H,13,15,16). The van der Waals surface area contributed by atoms with Gasteiger partial charge in [0.15, 0.2) is 0 Å². The number of carbonyl (C=O) groups is 1. The average molecular weight is 236 g/mol. The summed E-state index contributed by atoms with van der Waals surface area (Å²) in [6.07, 6.45) is 3.97. The maximum Gasteiger partial charge on any atom is 0.322 e. The summed E-state index contributed by atoms with van der Waals surface area (Å²) in [7, 11) is 0. The summed E-state index contributed by atoms with van der Waals surface area (Å²) >= 11 is 0. The number of amides is 1. The van der Waals surface area contributed by atoms with Gasteiger partial charge in [-0.15, -0.1) is 5.10 Å². The van der Waals surface area contributed by atoms with Crippen molar-refractivity contribution in [2.24, 2.45) is 5.92 Å². The Morgan fingerprint density at radius 2 is 2.00 bits per heavy atom. The molecule has 6 nitrogen and oxygen atoms in total. The van der Waals surface area contributed by atoms with E-state index in [9.17, 15) is 4.79 Å². The minimum absolute atomic E-state index is 0.00232. The van der Waals surface area contributed by atoms with Crippen molar-refractivity contribution >= 4 is 11.9 Å². The van der Waals surface area contributed by atoms with Gasteiger partial charge in [0, 0.05) is 11.8 Å². The Morgan fingerprint density at radius 1 is 1.24 bits per heavy atom. The summed E-state index contributed by atoms with van der Waals surface area (Å²) in [5.41, 5.74) is 0. The van der Waals surface area contributed by atoms with Gasteiger partial charge in [0.2, 0.25) is 11.8 Å². The zero-order chi connectivity index (χ0) is 11.7. The molecule has 1 aliphatic heterocycles. The van der Waals surface area contributed by atoms with E-state index in [0.717, 1.165) is 38.8 Å². The summed E-state index contributed by atoms with van der Waals surface area (Å²) in [6, 6.07) is 0.246. The average Bonchev–Trinajstić information content (AvgIpc) is 3.12. The van der Waals surface area contributed by atoms with Crippen LogP contribution in [0.5, 0.6) is 0 Å². The van der Waals surface area contributed by atoms with Crippen molar-refractivity contribution < 1.29 is 9.21 Å². The van der Waals surface area contributed by atoms with Gasteiger partial charge < -0.3 is 9.73 Å². The van der Waals surface area contributed by atoms with Crippen LogP contribution in [0.15, 0.2) is 4.42 Å². The molecule has 0 spiro atoms. The molecule has 1 aromatic heterocycles. The van der Waals surface area contributed by atoms with E-state index in [1.807, 2.05) is 0 Å². The highest BCUT2D eigenvalue weighted by Crippen LogP contribution is 2.39. The van der Waals surface area contributed by atoms with E-state index in [2.05, 4.69) is 20.8 Å². The van der Waals surface area contributed by atoms with Crippen LogP contribution < -0.4 is 10.6 Å². The Morgan fingerprint density at radius 3 is 2.71 bits per heavy atom. The molecule has 0 aromatic carbocycles. The predicted molar refractivity (Wildman–Crippen MR) is 60.5 cm³/mol. The number of piperidine rings is 1. The Balaban J connectivity index is 1.58. The highest BCUT2D eigenvalue weighted by Gasteiger charge is 2.30. The van der Waals surface area contributed by atoms with E-state index in [-0.39, 0.29) is 17.8 Å². The van der Waals surface area contributed by atoms with Crippen molar-refractivity contribution in [3.63, 3.8) is 0 Å². The van der Waals surface area contributed by atoms with Gasteiger partial charge in [-0.3, -0.25) is 10.1 Å². The number of aromatic nitrogens is 2. The Hall–Kier alpha value is -1.43. The fourth-order valence-corrected chi connectivity index (χ4v) is 2.07. The molecule has 2 aliphatic rings. The van der Waals surface area contributed by atoms with E-state index < -0.39 is 0 Å². The third kappa shape index (κ3) is 2.46. The maximum absolute atomic E-state index is 11.9. The van der Waals surface area contributed by atoms with Crippen LogP contribution >= 0.6 is 0 Å². The first-order valence-corrected chi connectivity index (χ1v) is 6.18. The zero-order valence-electron chi connectivity index (χ0n) is 9.61. The smallest absolute Gasteiger partial charge is 0.322 e. The van der Waals surface area contributed by atoms with Crippen LogP contribution in [0, 0.1) is 5.92 Å². The monoisotopic (exact) mass is 236 g/mol. The van der Waals surface area contributed by atoms with Gasteiger partial charge in [-0.2, -0.15) is 0 Å². The van der Waals surface area contributed by atoms with Gasteiger partial charge in [0.05, 0.1) is 0 Å². The molecule has 0 radical (unpaired) electrons. The van der Waals surface area contributed by atoms with E-state index in [1.54, 1.807) is 0 Å². The quantitative estimate of drug-likeness (QED) is 0.814. The highest BCUT2D eigenvalue weighted by molar-refractivity contribution is 5.90. The van der Waals surface area contributed by atoms with Crippen LogP contribution in [-0.4, -0.2) is 29.2 Å². The normalized spacial score (nSPS) is 21.4. The van der Waals surface area contributed by atoms with Crippen LogP contribution in [0.1, 0.15) is 37.5 Å². The van der Waals surface area contributed by atoms with Crippen molar-refractivity contribution in [2.75, 3.05) is 18.4 Å². The number of nitrogens with zero attached hydrogens (tertiary/aromatic N) is 2. The van der Waals surface area contributed by atoms with E-state index in [1.165, 1.54) is 0 Å². The predicted octanol–water partition coefficient (Wildman–Crippen LogP) is 0.885. The molecule has 1 saturated carbocycles. The van der Waals surface area contributed by atoms with Crippen LogP contribution in [0.3, 0.4) is 0 Å². The molecule has 1 saturated heterocycles. The van der Waals surface area contributed by atoms with E-state index in [0.29, 0.717) is 11.8 Å². The second kappa shape index (κ2) is 4.44. The van der Waals surface area contributed by atoms with Crippen LogP contribution in [0.25, 0.3) is 0 Å². The molecule has 1 aromatic rings. The summed E-state index contributed by atoms with van der Waals surface area (Å²) in [5, 5.41) is 13.7. The number of rotatable bonds is 3. The largest absolute Gasteiger partial charge is 0.408 e. The highest BCUT2D eigenvalue weighted by atomic mass is 16.4. The number of nitrogens with one attached hydrogen (secondary N) is 2. The molecule has 1 amide bonds. The number of hydrogen-bond donors (Lipinski definition) is 2. The summed E-state index contributed by atoms with van der Waals surface area (Å²) in [6.45, 7) is 1.80. The van der Waals surface area contributed by atoms with E-state index >= 15 is 0 Å². The molecule has 1 aliphatic carbocycles. The fraction of sp³-hybridized carbons (Fsp3) is 0.727. The zero-order valence-corrected chi connectivity index (χ0v) is 9.61. The Kier molecular flexibility index (Phi) is 2.80. The molecule has 92 valence electrons. The third-order valence-electron chi connectivity index (χ3n) is 3.31. The Labute approximate surface area is 99.2 Å². The van der Waals surface area contributed by atoms with Gasteiger partial charge in [-0.25, -0.2) is 0 Å². The summed E-state index contributed by atoms with van der Waals surface area (Å²) in [4.78, 5) is 11.9. The molecule has 2 fully saturated rings. The molecular weight excluding hydrogens is 220 g/mol. The second-order valence-corrected chi connectivity index (χ2v) is 4.73. The van der Waals surface area contributed by atoms with Crippen LogP contribution in [0.4, 0.5) is 6.01 Å². The lowest BCUT2D eigenvalue weighted by Crippen LogP contribution is -2.34. The lowest BCUT2D eigenvalue weighted by molar-refractivity contribution is -0.120. The Bertz CT molecular complexity index is 407.